The summed E-state index contributed by atoms with van der Waals surface area (Å²) in [5.41, 5.74) is 5.54. The minimum atomic E-state index is 0.546. The summed E-state index contributed by atoms with van der Waals surface area (Å²) in [6, 6.07) is 0.546. The molecule has 2 N–H and O–H groups in total. The van der Waals surface area contributed by atoms with Crippen molar-refractivity contribution >= 4 is 0 Å². The SMILES string of the molecule is CCCN(CC)C(C)CN. The van der Waals surface area contributed by atoms with Gasteiger partial charge in [-0.1, -0.05) is 13.8 Å². The molecule has 0 aromatic heterocycles. The predicted molar refractivity (Wildman–Crippen MR) is 46.1 cm³/mol. The zero-order chi connectivity index (χ0) is 7.98. The highest BCUT2D eigenvalue weighted by Gasteiger charge is 2.07. The molecule has 0 radical (unpaired) electrons. The number of rotatable bonds is 5. The van der Waals surface area contributed by atoms with Crippen LogP contribution in [0, 0.1) is 0 Å². The summed E-state index contributed by atoms with van der Waals surface area (Å²) >= 11 is 0. The van der Waals surface area contributed by atoms with E-state index in [0.29, 0.717) is 6.04 Å². The largest absolute Gasteiger partial charge is 0.329 e. The molecule has 0 aromatic carbocycles. The van der Waals surface area contributed by atoms with Crippen LogP contribution in [0.2, 0.25) is 0 Å². The van der Waals surface area contributed by atoms with E-state index in [1.165, 1.54) is 13.0 Å². The number of likely N-dealkylation sites (N-methyl/N-ethyl adjacent to an activating group) is 1. The third-order valence-electron chi connectivity index (χ3n) is 1.88. The Morgan fingerprint density at radius 2 is 2.00 bits per heavy atom. The molecule has 62 valence electrons. The first-order valence-electron chi connectivity index (χ1n) is 4.20. The Kier molecular flexibility index (Phi) is 5.64. The fourth-order valence-corrected chi connectivity index (χ4v) is 1.13. The van der Waals surface area contributed by atoms with E-state index < -0.39 is 0 Å². The molecular weight excluding hydrogens is 124 g/mol. The van der Waals surface area contributed by atoms with E-state index in [2.05, 4.69) is 25.7 Å². The van der Waals surface area contributed by atoms with Crippen molar-refractivity contribution in [2.75, 3.05) is 19.6 Å². The molecule has 0 aliphatic carbocycles. The Hall–Kier alpha value is -0.0800. The lowest BCUT2D eigenvalue weighted by molar-refractivity contribution is 0.225. The molecule has 0 saturated heterocycles. The number of hydrogen-bond acceptors (Lipinski definition) is 2. The molecule has 0 bridgehead atoms. The summed E-state index contributed by atoms with van der Waals surface area (Å²) in [4.78, 5) is 2.40. The van der Waals surface area contributed by atoms with Crippen molar-refractivity contribution < 1.29 is 0 Å². The van der Waals surface area contributed by atoms with Crippen LogP contribution in [0.4, 0.5) is 0 Å². The van der Waals surface area contributed by atoms with Crippen LogP contribution in [-0.4, -0.2) is 30.6 Å². The molecular formula is C8H20N2. The van der Waals surface area contributed by atoms with Gasteiger partial charge in [-0.25, -0.2) is 0 Å². The summed E-state index contributed by atoms with van der Waals surface area (Å²) in [5, 5.41) is 0. The van der Waals surface area contributed by atoms with Gasteiger partial charge >= 0.3 is 0 Å². The van der Waals surface area contributed by atoms with Gasteiger partial charge in [-0.3, -0.25) is 4.90 Å². The van der Waals surface area contributed by atoms with Crippen molar-refractivity contribution in [3.8, 4) is 0 Å². The standard InChI is InChI=1S/C8H20N2/c1-4-6-10(5-2)8(3)7-9/h8H,4-7,9H2,1-3H3. The lowest BCUT2D eigenvalue weighted by Crippen LogP contribution is -2.38. The summed E-state index contributed by atoms with van der Waals surface area (Å²) in [5.74, 6) is 0. The first-order valence-corrected chi connectivity index (χ1v) is 4.20. The summed E-state index contributed by atoms with van der Waals surface area (Å²) in [6.45, 7) is 9.63. The Balaban J connectivity index is 3.56. The van der Waals surface area contributed by atoms with Crippen LogP contribution in [0.25, 0.3) is 0 Å². The molecule has 10 heavy (non-hydrogen) atoms. The van der Waals surface area contributed by atoms with Gasteiger partial charge in [-0.15, -0.1) is 0 Å². The monoisotopic (exact) mass is 144 g/mol. The second-order valence-corrected chi connectivity index (χ2v) is 2.71. The van der Waals surface area contributed by atoms with Gasteiger partial charge in [0.25, 0.3) is 0 Å². The maximum absolute atomic E-state index is 5.54. The normalized spacial score (nSPS) is 14.1. The highest BCUT2D eigenvalue weighted by molar-refractivity contribution is 4.64. The van der Waals surface area contributed by atoms with E-state index >= 15 is 0 Å². The first-order chi connectivity index (χ1) is 4.76. The first kappa shape index (κ1) is 9.92. The summed E-state index contributed by atoms with van der Waals surface area (Å²) < 4.78 is 0. The molecule has 0 aliphatic rings. The Labute approximate surface area is 64.4 Å². The van der Waals surface area contributed by atoms with E-state index in [1.807, 2.05) is 0 Å². The second-order valence-electron chi connectivity index (χ2n) is 2.71. The predicted octanol–water partition coefficient (Wildman–Crippen LogP) is 1.07. The zero-order valence-electron chi connectivity index (χ0n) is 7.43. The van der Waals surface area contributed by atoms with E-state index in [4.69, 9.17) is 5.73 Å². The van der Waals surface area contributed by atoms with Gasteiger partial charge < -0.3 is 5.73 Å². The fraction of sp³-hybridized carbons (Fsp3) is 1.00. The molecule has 0 saturated carbocycles. The topological polar surface area (TPSA) is 29.3 Å². The quantitative estimate of drug-likeness (QED) is 0.625. The average Bonchev–Trinajstić information content (AvgIpc) is 1.99. The van der Waals surface area contributed by atoms with Crippen molar-refractivity contribution in [1.82, 2.24) is 4.90 Å². The van der Waals surface area contributed by atoms with Gasteiger partial charge in [0, 0.05) is 12.6 Å². The average molecular weight is 144 g/mol. The van der Waals surface area contributed by atoms with Gasteiger partial charge in [0.15, 0.2) is 0 Å². The van der Waals surface area contributed by atoms with Crippen LogP contribution in [-0.2, 0) is 0 Å². The lowest BCUT2D eigenvalue weighted by atomic mass is 10.2. The highest BCUT2D eigenvalue weighted by atomic mass is 15.1. The van der Waals surface area contributed by atoms with Crippen LogP contribution in [0.5, 0.6) is 0 Å². The molecule has 0 spiro atoms. The van der Waals surface area contributed by atoms with Crippen molar-refractivity contribution in [2.24, 2.45) is 5.73 Å². The van der Waals surface area contributed by atoms with Crippen LogP contribution < -0.4 is 5.73 Å². The highest BCUT2D eigenvalue weighted by Crippen LogP contribution is 1.97. The van der Waals surface area contributed by atoms with Crippen LogP contribution in [0.1, 0.15) is 27.2 Å². The smallest absolute Gasteiger partial charge is 0.0190 e. The second kappa shape index (κ2) is 5.69. The van der Waals surface area contributed by atoms with Crippen LogP contribution >= 0.6 is 0 Å². The van der Waals surface area contributed by atoms with Gasteiger partial charge in [0.2, 0.25) is 0 Å². The Bertz CT molecular complexity index is 73.7. The van der Waals surface area contributed by atoms with Gasteiger partial charge in [-0.05, 0) is 26.4 Å². The van der Waals surface area contributed by atoms with Crippen molar-refractivity contribution in [3.63, 3.8) is 0 Å². The zero-order valence-corrected chi connectivity index (χ0v) is 7.43. The van der Waals surface area contributed by atoms with E-state index in [1.54, 1.807) is 0 Å². The number of hydrogen-bond donors (Lipinski definition) is 1. The minimum absolute atomic E-state index is 0.546. The number of nitrogens with zero attached hydrogens (tertiary/aromatic N) is 1. The molecule has 2 nitrogen and oxygen atoms in total. The minimum Gasteiger partial charge on any atom is -0.329 e. The summed E-state index contributed by atoms with van der Waals surface area (Å²) in [6.07, 6.45) is 1.22. The molecule has 1 unspecified atom stereocenters. The lowest BCUT2D eigenvalue weighted by Gasteiger charge is -2.25. The maximum atomic E-state index is 5.54. The molecule has 0 heterocycles. The molecule has 0 aliphatic heterocycles. The van der Waals surface area contributed by atoms with Crippen molar-refractivity contribution in [3.05, 3.63) is 0 Å². The molecule has 2 heteroatoms. The maximum Gasteiger partial charge on any atom is 0.0190 e. The molecule has 0 aromatic rings. The third kappa shape index (κ3) is 3.18. The molecule has 1 atom stereocenters. The third-order valence-corrected chi connectivity index (χ3v) is 1.88. The van der Waals surface area contributed by atoms with Crippen molar-refractivity contribution in [2.45, 2.75) is 33.2 Å². The van der Waals surface area contributed by atoms with E-state index in [0.717, 1.165) is 13.1 Å². The number of nitrogens with two attached hydrogens (primary N) is 1. The van der Waals surface area contributed by atoms with Crippen molar-refractivity contribution in [1.29, 1.82) is 0 Å². The molecule has 0 rings (SSSR count). The Morgan fingerprint density at radius 3 is 2.30 bits per heavy atom. The molecule has 0 fully saturated rings. The summed E-state index contributed by atoms with van der Waals surface area (Å²) in [7, 11) is 0. The van der Waals surface area contributed by atoms with Gasteiger partial charge in [-0.2, -0.15) is 0 Å². The Morgan fingerprint density at radius 1 is 1.40 bits per heavy atom. The van der Waals surface area contributed by atoms with Crippen LogP contribution in [0.15, 0.2) is 0 Å². The molecule has 0 amide bonds. The van der Waals surface area contributed by atoms with Gasteiger partial charge in [0.1, 0.15) is 0 Å². The van der Waals surface area contributed by atoms with E-state index in [9.17, 15) is 0 Å². The van der Waals surface area contributed by atoms with Gasteiger partial charge in [0.05, 0.1) is 0 Å². The van der Waals surface area contributed by atoms with Crippen LogP contribution in [0.3, 0.4) is 0 Å². The van der Waals surface area contributed by atoms with E-state index in [-0.39, 0.29) is 0 Å². The fourth-order valence-electron chi connectivity index (χ4n) is 1.13.